The van der Waals surface area contributed by atoms with E-state index in [4.69, 9.17) is 0 Å². The van der Waals surface area contributed by atoms with E-state index in [0.717, 1.165) is 49.3 Å². The Morgan fingerprint density at radius 3 is 2.59 bits per heavy atom. The van der Waals surface area contributed by atoms with Crippen LogP contribution in [0.15, 0.2) is 48.5 Å². The van der Waals surface area contributed by atoms with Crippen LogP contribution in [-0.2, 0) is 13.1 Å². The first-order valence-electron chi connectivity index (χ1n) is 10.2. The quantitative estimate of drug-likeness (QED) is 0.555. The van der Waals surface area contributed by atoms with Gasteiger partial charge in [0.05, 0.1) is 31.2 Å². The minimum absolute atomic E-state index is 0.412. The molecule has 0 aliphatic carbocycles. The molecule has 2 aromatic heterocycles. The number of rotatable bonds is 5. The van der Waals surface area contributed by atoms with Crippen LogP contribution in [0.25, 0.3) is 11.0 Å². The number of aromatic nitrogens is 7. The third-order valence-corrected chi connectivity index (χ3v) is 5.85. The average molecular weight is 389 g/mol. The van der Waals surface area contributed by atoms with E-state index < -0.39 is 0 Å². The first-order chi connectivity index (χ1) is 14.3. The number of hydrogen-bond donors (Lipinski definition) is 1. The van der Waals surface area contributed by atoms with Crippen LogP contribution in [0.2, 0.25) is 0 Å². The van der Waals surface area contributed by atoms with Gasteiger partial charge in [-0.15, -0.1) is 10.2 Å². The molecule has 8 nitrogen and oxygen atoms in total. The summed E-state index contributed by atoms with van der Waals surface area (Å²) in [6, 6.07) is 17.1. The standard InChI is InChI=1S/C21H24N8/c1-16-6-8-17(9-7-16)14-28-21(23-24-26-28)15-27-12-10-18(11-13-27)29-20-5-3-2-4-19(20)22-25-29/h2-9,18H,10-15H2,1H3/p+1. The smallest absolute Gasteiger partial charge is 0.206 e. The van der Waals surface area contributed by atoms with Crippen LogP contribution in [0.4, 0.5) is 0 Å². The van der Waals surface area contributed by atoms with Crippen molar-refractivity contribution in [1.82, 2.24) is 35.2 Å². The fourth-order valence-corrected chi connectivity index (χ4v) is 4.15. The van der Waals surface area contributed by atoms with Crippen molar-refractivity contribution in [2.24, 2.45) is 0 Å². The van der Waals surface area contributed by atoms with E-state index in [-0.39, 0.29) is 0 Å². The minimum Gasteiger partial charge on any atom is -0.328 e. The highest BCUT2D eigenvalue weighted by molar-refractivity contribution is 5.73. The number of tetrazole rings is 1. The number of aryl methyl sites for hydroxylation is 1. The minimum atomic E-state index is 0.412. The van der Waals surface area contributed by atoms with E-state index in [1.165, 1.54) is 16.0 Å². The van der Waals surface area contributed by atoms with Gasteiger partial charge in [0.25, 0.3) is 0 Å². The molecule has 0 radical (unpaired) electrons. The lowest BCUT2D eigenvalue weighted by Gasteiger charge is -2.29. The molecule has 8 heteroatoms. The number of benzene rings is 2. The molecule has 1 aliphatic heterocycles. The molecule has 1 N–H and O–H groups in total. The molecule has 5 rings (SSSR count). The predicted molar refractivity (Wildman–Crippen MR) is 108 cm³/mol. The van der Waals surface area contributed by atoms with Crippen molar-refractivity contribution < 1.29 is 4.90 Å². The summed E-state index contributed by atoms with van der Waals surface area (Å²) in [6.07, 6.45) is 2.17. The summed E-state index contributed by atoms with van der Waals surface area (Å²) in [6.45, 7) is 5.82. The Bertz CT molecular complexity index is 1090. The SMILES string of the molecule is Cc1ccc(Cn2nnnc2C[NH+]2CCC(n3nnc4ccccc43)CC2)cc1. The number of nitrogens with one attached hydrogen (secondary N) is 1. The zero-order valence-corrected chi connectivity index (χ0v) is 16.6. The Hall–Kier alpha value is -3.13. The van der Waals surface area contributed by atoms with Crippen molar-refractivity contribution in [2.45, 2.75) is 38.9 Å². The van der Waals surface area contributed by atoms with Gasteiger partial charge >= 0.3 is 0 Å². The maximum Gasteiger partial charge on any atom is 0.206 e. The topological polar surface area (TPSA) is 78.8 Å². The van der Waals surface area contributed by atoms with Crippen LogP contribution >= 0.6 is 0 Å². The molecule has 2 aromatic carbocycles. The van der Waals surface area contributed by atoms with E-state index in [0.29, 0.717) is 12.6 Å². The number of quaternary nitrogens is 1. The summed E-state index contributed by atoms with van der Waals surface area (Å²) in [7, 11) is 0. The molecule has 0 spiro atoms. The van der Waals surface area contributed by atoms with Crippen LogP contribution < -0.4 is 4.90 Å². The molecule has 29 heavy (non-hydrogen) atoms. The lowest BCUT2D eigenvalue weighted by molar-refractivity contribution is -0.920. The second kappa shape index (κ2) is 7.71. The number of fused-ring (bicyclic) bond motifs is 1. The molecule has 1 aliphatic rings. The van der Waals surface area contributed by atoms with Gasteiger partial charge in [0.15, 0.2) is 0 Å². The lowest BCUT2D eigenvalue weighted by Crippen LogP contribution is -3.11. The maximum atomic E-state index is 4.41. The van der Waals surface area contributed by atoms with Crippen molar-refractivity contribution >= 4 is 11.0 Å². The molecule has 3 heterocycles. The molecule has 4 aromatic rings. The molecule has 0 saturated carbocycles. The van der Waals surface area contributed by atoms with E-state index in [2.05, 4.69) is 73.8 Å². The molecular weight excluding hydrogens is 364 g/mol. The number of likely N-dealkylation sites (tertiary alicyclic amines) is 1. The Morgan fingerprint density at radius 1 is 0.966 bits per heavy atom. The number of nitrogens with zero attached hydrogens (tertiary/aromatic N) is 7. The predicted octanol–water partition coefficient (Wildman–Crippen LogP) is 1.19. The third kappa shape index (κ3) is 3.75. The van der Waals surface area contributed by atoms with Crippen LogP contribution in [-0.4, -0.2) is 48.3 Å². The van der Waals surface area contributed by atoms with E-state index >= 15 is 0 Å². The highest BCUT2D eigenvalue weighted by Gasteiger charge is 2.26. The first-order valence-corrected chi connectivity index (χ1v) is 10.2. The van der Waals surface area contributed by atoms with Gasteiger partial charge < -0.3 is 4.90 Å². The molecule has 148 valence electrons. The zero-order chi connectivity index (χ0) is 19.6. The molecule has 0 atom stereocenters. The summed E-state index contributed by atoms with van der Waals surface area (Å²) in [5, 5.41) is 21.1. The number of para-hydroxylation sites is 1. The van der Waals surface area contributed by atoms with Crippen LogP contribution in [0.3, 0.4) is 0 Å². The normalized spacial score (nSPS) is 19.6. The Labute approximate surface area is 169 Å². The number of hydrogen-bond acceptors (Lipinski definition) is 5. The van der Waals surface area contributed by atoms with Crippen molar-refractivity contribution in [2.75, 3.05) is 13.1 Å². The monoisotopic (exact) mass is 389 g/mol. The third-order valence-electron chi connectivity index (χ3n) is 5.85. The summed E-state index contributed by atoms with van der Waals surface area (Å²) in [5.41, 5.74) is 4.58. The van der Waals surface area contributed by atoms with Gasteiger partial charge in [-0.2, -0.15) is 0 Å². The van der Waals surface area contributed by atoms with Crippen molar-refractivity contribution in [3.63, 3.8) is 0 Å². The van der Waals surface area contributed by atoms with E-state index in [9.17, 15) is 0 Å². The Kier molecular flexibility index (Phi) is 4.77. The molecule has 1 saturated heterocycles. The number of piperidine rings is 1. The van der Waals surface area contributed by atoms with E-state index in [1.54, 1.807) is 0 Å². The van der Waals surface area contributed by atoms with Crippen LogP contribution in [0.1, 0.15) is 35.8 Å². The van der Waals surface area contributed by atoms with Gasteiger partial charge in [-0.05, 0) is 35.0 Å². The molecular formula is C21H25N8+. The summed E-state index contributed by atoms with van der Waals surface area (Å²) in [4.78, 5) is 1.52. The molecule has 0 unspecified atom stereocenters. The second-order valence-electron chi connectivity index (χ2n) is 7.92. The van der Waals surface area contributed by atoms with Crippen molar-refractivity contribution in [1.29, 1.82) is 0 Å². The zero-order valence-electron chi connectivity index (χ0n) is 16.6. The lowest BCUT2D eigenvalue weighted by atomic mass is 10.0. The maximum absolute atomic E-state index is 4.41. The van der Waals surface area contributed by atoms with Crippen molar-refractivity contribution in [3.8, 4) is 0 Å². The Balaban J connectivity index is 1.22. The first kappa shape index (κ1) is 17.9. The summed E-state index contributed by atoms with van der Waals surface area (Å²) >= 11 is 0. The van der Waals surface area contributed by atoms with Gasteiger partial charge in [-0.3, -0.25) is 0 Å². The largest absolute Gasteiger partial charge is 0.328 e. The molecule has 1 fully saturated rings. The van der Waals surface area contributed by atoms with Gasteiger partial charge in [0.1, 0.15) is 12.1 Å². The molecule has 0 amide bonds. The fraction of sp³-hybridized carbons (Fsp3) is 0.381. The highest BCUT2D eigenvalue weighted by atomic mass is 15.5. The fourth-order valence-electron chi connectivity index (χ4n) is 4.15. The van der Waals surface area contributed by atoms with Gasteiger partial charge in [-0.25, -0.2) is 9.36 Å². The van der Waals surface area contributed by atoms with E-state index in [1.807, 2.05) is 16.8 Å². The van der Waals surface area contributed by atoms with Gasteiger partial charge in [0, 0.05) is 12.8 Å². The van der Waals surface area contributed by atoms with Crippen LogP contribution in [0, 0.1) is 6.92 Å². The van der Waals surface area contributed by atoms with Crippen LogP contribution in [0.5, 0.6) is 0 Å². The van der Waals surface area contributed by atoms with Gasteiger partial charge in [0.2, 0.25) is 5.82 Å². The average Bonchev–Trinajstić information content (AvgIpc) is 3.37. The summed E-state index contributed by atoms with van der Waals surface area (Å²) in [5.74, 6) is 0.949. The molecule has 0 bridgehead atoms. The summed E-state index contributed by atoms with van der Waals surface area (Å²) < 4.78 is 4.03. The van der Waals surface area contributed by atoms with Gasteiger partial charge in [-0.1, -0.05) is 47.2 Å². The second-order valence-corrected chi connectivity index (χ2v) is 7.92. The highest BCUT2D eigenvalue weighted by Crippen LogP contribution is 2.21. The van der Waals surface area contributed by atoms with Crippen molar-refractivity contribution in [3.05, 3.63) is 65.5 Å². The Morgan fingerprint density at radius 2 is 1.76 bits per heavy atom.